The second-order valence-electron chi connectivity index (χ2n) is 4.93. The Labute approximate surface area is 122 Å². The minimum absolute atomic E-state index is 0.116. The van der Waals surface area contributed by atoms with Crippen molar-refractivity contribution in [3.05, 3.63) is 29.3 Å². The summed E-state index contributed by atoms with van der Waals surface area (Å²) in [5.74, 6) is -0.116. The molecule has 2 N–H and O–H groups in total. The van der Waals surface area contributed by atoms with E-state index in [1.807, 2.05) is 0 Å². The van der Waals surface area contributed by atoms with Gasteiger partial charge in [0.05, 0.1) is 11.3 Å². The molecule has 0 unspecified atom stereocenters. The van der Waals surface area contributed by atoms with Gasteiger partial charge in [-0.15, -0.1) is 0 Å². The van der Waals surface area contributed by atoms with E-state index in [-0.39, 0.29) is 30.8 Å². The first-order valence-electron chi connectivity index (χ1n) is 6.33. The van der Waals surface area contributed by atoms with E-state index in [0.29, 0.717) is 5.69 Å². The number of sulfone groups is 1. The van der Waals surface area contributed by atoms with Gasteiger partial charge in [-0.05, 0) is 30.7 Å². The maximum absolute atomic E-state index is 13.0. The second-order valence-corrected chi connectivity index (χ2v) is 7.19. The lowest BCUT2D eigenvalue weighted by atomic mass is 10.0. The van der Waals surface area contributed by atoms with E-state index < -0.39 is 21.6 Å². The molecule has 4 nitrogen and oxygen atoms in total. The quantitative estimate of drug-likeness (QED) is 0.865. The highest BCUT2D eigenvalue weighted by Crippen LogP contribution is 2.34. The Balaban J connectivity index is 3.04. The smallest absolute Gasteiger partial charge is 0.374 e. The Morgan fingerprint density at radius 3 is 2.38 bits per heavy atom. The van der Waals surface area contributed by atoms with Crippen LogP contribution >= 0.6 is 0 Å². The SMILES string of the molecule is CN(CCS(C)(=O)=O)c1ccc(CCN)c(C(F)(F)F)c1. The summed E-state index contributed by atoms with van der Waals surface area (Å²) in [7, 11) is -1.60. The minimum atomic E-state index is -4.46. The maximum atomic E-state index is 13.0. The van der Waals surface area contributed by atoms with Crippen LogP contribution in [0, 0.1) is 0 Å². The Bertz CT molecular complexity index is 586. The molecule has 0 heterocycles. The van der Waals surface area contributed by atoms with Crippen molar-refractivity contribution in [1.82, 2.24) is 0 Å². The van der Waals surface area contributed by atoms with E-state index in [9.17, 15) is 21.6 Å². The van der Waals surface area contributed by atoms with Crippen LogP contribution in [0.2, 0.25) is 0 Å². The molecule has 0 aliphatic heterocycles. The molecular weight excluding hydrogens is 305 g/mol. The second kappa shape index (κ2) is 6.65. The maximum Gasteiger partial charge on any atom is 0.416 e. The van der Waals surface area contributed by atoms with E-state index in [0.717, 1.165) is 12.3 Å². The van der Waals surface area contributed by atoms with E-state index >= 15 is 0 Å². The number of hydrogen-bond acceptors (Lipinski definition) is 4. The highest BCUT2D eigenvalue weighted by atomic mass is 32.2. The van der Waals surface area contributed by atoms with Crippen LogP contribution in [0.25, 0.3) is 0 Å². The Hall–Kier alpha value is -1.28. The number of hydrogen-bond donors (Lipinski definition) is 1. The average molecular weight is 324 g/mol. The van der Waals surface area contributed by atoms with Crippen molar-refractivity contribution >= 4 is 15.5 Å². The molecule has 8 heteroatoms. The first-order valence-corrected chi connectivity index (χ1v) is 8.39. The molecule has 0 fully saturated rings. The van der Waals surface area contributed by atoms with Crippen LogP contribution in [-0.4, -0.2) is 40.6 Å². The lowest BCUT2D eigenvalue weighted by molar-refractivity contribution is -0.138. The molecule has 120 valence electrons. The molecule has 0 spiro atoms. The van der Waals surface area contributed by atoms with Crippen LogP contribution in [-0.2, 0) is 22.4 Å². The molecule has 1 aromatic rings. The monoisotopic (exact) mass is 324 g/mol. The Morgan fingerprint density at radius 2 is 1.90 bits per heavy atom. The predicted octanol–water partition coefficient (Wildman–Crippen LogP) is 1.69. The first kappa shape index (κ1) is 17.8. The predicted molar refractivity (Wildman–Crippen MR) is 77.2 cm³/mol. The third-order valence-corrected chi connectivity index (χ3v) is 3.97. The molecular formula is C13H19F3N2O2S. The van der Waals surface area contributed by atoms with Crippen molar-refractivity contribution in [3.63, 3.8) is 0 Å². The van der Waals surface area contributed by atoms with Crippen molar-refractivity contribution in [1.29, 1.82) is 0 Å². The summed E-state index contributed by atoms with van der Waals surface area (Å²) in [4.78, 5) is 1.49. The molecule has 0 atom stereocenters. The summed E-state index contributed by atoms with van der Waals surface area (Å²) in [5.41, 5.74) is 5.07. The molecule has 0 radical (unpaired) electrons. The van der Waals surface area contributed by atoms with Crippen molar-refractivity contribution in [2.24, 2.45) is 5.73 Å². The number of halogens is 3. The molecule has 0 bridgehead atoms. The largest absolute Gasteiger partial charge is 0.416 e. The summed E-state index contributed by atoms with van der Waals surface area (Å²) < 4.78 is 61.3. The summed E-state index contributed by atoms with van der Waals surface area (Å²) in [6.45, 7) is 0.263. The molecule has 0 aromatic heterocycles. The number of nitrogens with zero attached hydrogens (tertiary/aromatic N) is 1. The van der Waals surface area contributed by atoms with Gasteiger partial charge in [0.25, 0.3) is 0 Å². The van der Waals surface area contributed by atoms with Gasteiger partial charge in [0.1, 0.15) is 9.84 Å². The Morgan fingerprint density at radius 1 is 1.29 bits per heavy atom. The molecule has 0 saturated carbocycles. The van der Waals surface area contributed by atoms with Gasteiger partial charge in [0, 0.05) is 25.5 Å². The fourth-order valence-electron chi connectivity index (χ4n) is 1.87. The van der Waals surface area contributed by atoms with Gasteiger partial charge in [-0.25, -0.2) is 8.42 Å². The van der Waals surface area contributed by atoms with E-state index in [1.165, 1.54) is 11.0 Å². The van der Waals surface area contributed by atoms with Gasteiger partial charge in [-0.2, -0.15) is 13.2 Å². The normalized spacial score (nSPS) is 12.5. The fourth-order valence-corrected chi connectivity index (χ4v) is 2.48. The molecule has 0 aliphatic carbocycles. The standard InChI is InChI=1S/C13H19F3N2O2S/c1-18(7-8-21(2,19)20)11-4-3-10(5-6-17)12(9-11)13(14,15)16/h3-4,9H,5-8,17H2,1-2H3. The van der Waals surface area contributed by atoms with Crippen LogP contribution in [0.5, 0.6) is 0 Å². The van der Waals surface area contributed by atoms with E-state index in [2.05, 4.69) is 0 Å². The summed E-state index contributed by atoms with van der Waals surface area (Å²) in [6.07, 6.45) is -3.23. The van der Waals surface area contributed by atoms with Crippen LogP contribution in [0.3, 0.4) is 0 Å². The minimum Gasteiger partial charge on any atom is -0.374 e. The third kappa shape index (κ3) is 5.55. The van der Waals surface area contributed by atoms with Crippen LogP contribution in [0.15, 0.2) is 18.2 Å². The van der Waals surface area contributed by atoms with Crippen molar-refractivity contribution in [2.45, 2.75) is 12.6 Å². The molecule has 1 rings (SSSR count). The highest BCUT2D eigenvalue weighted by Gasteiger charge is 2.33. The van der Waals surface area contributed by atoms with Gasteiger partial charge in [0.15, 0.2) is 0 Å². The number of nitrogens with two attached hydrogens (primary N) is 1. The van der Waals surface area contributed by atoms with Crippen molar-refractivity contribution < 1.29 is 21.6 Å². The van der Waals surface area contributed by atoms with E-state index in [1.54, 1.807) is 13.1 Å². The summed E-state index contributed by atoms with van der Waals surface area (Å²) in [5, 5.41) is 0. The Kier molecular flexibility index (Phi) is 5.63. The van der Waals surface area contributed by atoms with Crippen LogP contribution < -0.4 is 10.6 Å². The lowest BCUT2D eigenvalue weighted by Crippen LogP contribution is -2.25. The zero-order valence-corrected chi connectivity index (χ0v) is 12.8. The number of rotatable bonds is 6. The third-order valence-electron chi connectivity index (χ3n) is 3.05. The number of benzene rings is 1. The molecule has 0 saturated heterocycles. The summed E-state index contributed by atoms with van der Waals surface area (Å²) >= 11 is 0. The van der Waals surface area contributed by atoms with Crippen molar-refractivity contribution in [3.8, 4) is 0 Å². The molecule has 0 aliphatic rings. The van der Waals surface area contributed by atoms with Crippen molar-refractivity contribution in [2.75, 3.05) is 37.0 Å². The summed E-state index contributed by atoms with van der Waals surface area (Å²) in [6, 6.07) is 3.97. The van der Waals surface area contributed by atoms with E-state index in [4.69, 9.17) is 5.73 Å². The first-order chi connectivity index (χ1) is 9.54. The fraction of sp³-hybridized carbons (Fsp3) is 0.538. The molecule has 1 aromatic carbocycles. The average Bonchev–Trinajstić information content (AvgIpc) is 2.34. The zero-order chi connectivity index (χ0) is 16.3. The van der Waals surface area contributed by atoms with Gasteiger partial charge in [0.2, 0.25) is 0 Å². The number of alkyl halides is 3. The van der Waals surface area contributed by atoms with Gasteiger partial charge >= 0.3 is 6.18 Å². The zero-order valence-electron chi connectivity index (χ0n) is 11.9. The highest BCUT2D eigenvalue weighted by molar-refractivity contribution is 7.90. The van der Waals surface area contributed by atoms with Gasteiger partial charge in [-0.3, -0.25) is 0 Å². The van der Waals surface area contributed by atoms with Crippen LogP contribution in [0.1, 0.15) is 11.1 Å². The molecule has 0 amide bonds. The molecule has 21 heavy (non-hydrogen) atoms. The van der Waals surface area contributed by atoms with Gasteiger partial charge < -0.3 is 10.6 Å². The topological polar surface area (TPSA) is 63.4 Å². The number of anilines is 1. The lowest BCUT2D eigenvalue weighted by Gasteiger charge is -2.21. The van der Waals surface area contributed by atoms with Gasteiger partial charge in [-0.1, -0.05) is 6.07 Å². The van der Waals surface area contributed by atoms with Crippen LogP contribution in [0.4, 0.5) is 18.9 Å².